The number of imide groups is 1. The van der Waals surface area contributed by atoms with Crippen LogP contribution in [0.25, 0.3) is 0 Å². The highest BCUT2D eigenvalue weighted by Gasteiger charge is 2.19. The summed E-state index contributed by atoms with van der Waals surface area (Å²) in [5.74, 6) is -0.00512. The lowest BCUT2D eigenvalue weighted by Gasteiger charge is -2.18. The molecule has 0 spiro atoms. The third-order valence-electron chi connectivity index (χ3n) is 2.71. The number of ether oxygens (including phenoxy) is 1. The molecule has 7 heteroatoms. The molecule has 1 aromatic rings. The summed E-state index contributed by atoms with van der Waals surface area (Å²) in [6.07, 6.45) is -0.820. The van der Waals surface area contributed by atoms with Crippen molar-refractivity contribution in [1.82, 2.24) is 10.6 Å². The molecular formula is C14H20BrN3O3. The molecule has 4 N–H and O–H groups in total. The number of nitrogens with two attached hydrogens (primary N) is 1. The van der Waals surface area contributed by atoms with Crippen molar-refractivity contribution in [2.75, 3.05) is 6.54 Å². The summed E-state index contributed by atoms with van der Waals surface area (Å²) in [4.78, 5) is 23.2. The third kappa shape index (κ3) is 5.35. The minimum absolute atomic E-state index is 0.230. The van der Waals surface area contributed by atoms with Crippen LogP contribution in [0.15, 0.2) is 22.7 Å². The Morgan fingerprint density at radius 3 is 2.62 bits per heavy atom. The monoisotopic (exact) mass is 357 g/mol. The number of halogens is 1. The van der Waals surface area contributed by atoms with Gasteiger partial charge in [0.2, 0.25) is 0 Å². The van der Waals surface area contributed by atoms with Crippen LogP contribution in [0.5, 0.6) is 5.75 Å². The summed E-state index contributed by atoms with van der Waals surface area (Å²) in [6, 6.07) is 4.66. The number of carbonyl (C=O) groups excluding carboxylic acids is 2. The molecule has 0 aliphatic rings. The second-order valence-corrected chi connectivity index (χ2v) is 5.50. The van der Waals surface area contributed by atoms with Crippen LogP contribution in [-0.4, -0.2) is 24.6 Å². The zero-order valence-electron chi connectivity index (χ0n) is 12.3. The molecule has 0 saturated heterocycles. The van der Waals surface area contributed by atoms with Gasteiger partial charge in [-0.05, 0) is 32.9 Å². The Kier molecular flexibility index (Phi) is 6.64. The number of nitrogens with one attached hydrogen (secondary N) is 2. The van der Waals surface area contributed by atoms with Crippen molar-refractivity contribution in [2.24, 2.45) is 5.73 Å². The number of hydrogen-bond donors (Lipinski definition) is 3. The number of hydrogen-bond acceptors (Lipinski definition) is 4. The molecule has 1 rings (SSSR count). The number of carbonyl (C=O) groups is 2. The van der Waals surface area contributed by atoms with Gasteiger partial charge in [0.1, 0.15) is 5.75 Å². The van der Waals surface area contributed by atoms with E-state index in [1.165, 1.54) is 0 Å². The Labute approximate surface area is 132 Å². The quantitative estimate of drug-likeness (QED) is 0.751. The molecule has 0 aliphatic heterocycles. The fourth-order valence-electron chi connectivity index (χ4n) is 1.65. The van der Waals surface area contributed by atoms with E-state index in [1.54, 1.807) is 19.9 Å². The molecule has 2 atom stereocenters. The summed E-state index contributed by atoms with van der Waals surface area (Å²) in [5.41, 5.74) is 6.66. The molecule has 0 fully saturated rings. The molecule has 116 valence electrons. The van der Waals surface area contributed by atoms with E-state index < -0.39 is 18.0 Å². The van der Waals surface area contributed by atoms with Gasteiger partial charge in [-0.2, -0.15) is 0 Å². The highest BCUT2D eigenvalue weighted by atomic mass is 79.9. The van der Waals surface area contributed by atoms with Gasteiger partial charge >= 0.3 is 6.03 Å². The number of urea groups is 1. The maximum Gasteiger partial charge on any atom is 0.321 e. The van der Waals surface area contributed by atoms with Crippen LogP contribution in [0.1, 0.15) is 32.4 Å². The Bertz CT molecular complexity index is 520. The van der Waals surface area contributed by atoms with Crippen LogP contribution >= 0.6 is 15.9 Å². The largest absolute Gasteiger partial charge is 0.480 e. The van der Waals surface area contributed by atoms with Gasteiger partial charge in [-0.25, -0.2) is 4.79 Å². The van der Waals surface area contributed by atoms with E-state index in [0.29, 0.717) is 12.3 Å². The maximum atomic E-state index is 11.9. The average molecular weight is 358 g/mol. The van der Waals surface area contributed by atoms with Crippen LogP contribution in [0, 0.1) is 0 Å². The van der Waals surface area contributed by atoms with Crippen molar-refractivity contribution in [2.45, 2.75) is 32.9 Å². The molecule has 1 unspecified atom stereocenters. The van der Waals surface area contributed by atoms with Crippen molar-refractivity contribution in [1.29, 1.82) is 0 Å². The standard InChI is InChI=1S/C14H20BrN3O3/c1-4-17-14(20)18-13(19)9(3)21-12-7-10(15)5-6-11(12)8(2)16/h5-9H,4,16H2,1-3H3,(H2,17,18,19,20)/t8-,9?/m1/s1. The number of benzene rings is 1. The van der Waals surface area contributed by atoms with Gasteiger partial charge in [-0.3, -0.25) is 10.1 Å². The highest BCUT2D eigenvalue weighted by Crippen LogP contribution is 2.28. The topological polar surface area (TPSA) is 93.5 Å². The lowest BCUT2D eigenvalue weighted by molar-refractivity contribution is -0.126. The van der Waals surface area contributed by atoms with E-state index in [2.05, 4.69) is 26.6 Å². The van der Waals surface area contributed by atoms with Gasteiger partial charge in [0.25, 0.3) is 5.91 Å². The lowest BCUT2D eigenvalue weighted by atomic mass is 10.1. The fraction of sp³-hybridized carbons (Fsp3) is 0.429. The summed E-state index contributed by atoms with van der Waals surface area (Å²) >= 11 is 3.35. The Morgan fingerprint density at radius 2 is 2.05 bits per heavy atom. The summed E-state index contributed by atoms with van der Waals surface area (Å²) in [7, 11) is 0. The predicted molar refractivity (Wildman–Crippen MR) is 84.0 cm³/mol. The summed E-state index contributed by atoms with van der Waals surface area (Å²) in [6.45, 7) is 5.60. The minimum Gasteiger partial charge on any atom is -0.480 e. The molecule has 0 aliphatic carbocycles. The zero-order chi connectivity index (χ0) is 16.0. The molecule has 0 heterocycles. The summed E-state index contributed by atoms with van der Waals surface area (Å²) < 4.78 is 6.44. The molecule has 6 nitrogen and oxygen atoms in total. The highest BCUT2D eigenvalue weighted by molar-refractivity contribution is 9.10. The van der Waals surface area contributed by atoms with Crippen LogP contribution in [-0.2, 0) is 4.79 Å². The van der Waals surface area contributed by atoms with E-state index >= 15 is 0 Å². The molecule has 0 saturated carbocycles. The Balaban J connectivity index is 2.78. The van der Waals surface area contributed by atoms with Crippen molar-refractivity contribution >= 4 is 27.9 Å². The van der Waals surface area contributed by atoms with Crippen LogP contribution in [0.4, 0.5) is 4.79 Å². The first-order valence-corrected chi connectivity index (χ1v) is 7.44. The van der Waals surface area contributed by atoms with E-state index in [9.17, 15) is 9.59 Å². The SMILES string of the molecule is CCNC(=O)NC(=O)C(C)Oc1cc(Br)ccc1[C@@H](C)N. The van der Waals surface area contributed by atoms with E-state index in [4.69, 9.17) is 10.5 Å². The van der Waals surface area contributed by atoms with Crippen molar-refractivity contribution in [3.8, 4) is 5.75 Å². The van der Waals surface area contributed by atoms with Gasteiger partial charge in [-0.15, -0.1) is 0 Å². The molecule has 0 aromatic heterocycles. The second kappa shape index (κ2) is 7.99. The first-order valence-electron chi connectivity index (χ1n) is 6.65. The van der Waals surface area contributed by atoms with Gasteiger partial charge in [0, 0.05) is 22.6 Å². The Hall–Kier alpha value is -1.60. The van der Waals surface area contributed by atoms with Crippen molar-refractivity contribution in [3.05, 3.63) is 28.2 Å². The number of amides is 3. The molecule has 1 aromatic carbocycles. The smallest absolute Gasteiger partial charge is 0.321 e. The molecule has 3 amide bonds. The van der Waals surface area contributed by atoms with Gasteiger partial charge in [-0.1, -0.05) is 22.0 Å². The van der Waals surface area contributed by atoms with Crippen molar-refractivity contribution in [3.63, 3.8) is 0 Å². The zero-order valence-corrected chi connectivity index (χ0v) is 13.9. The Morgan fingerprint density at radius 1 is 1.38 bits per heavy atom. The number of rotatable bonds is 5. The van der Waals surface area contributed by atoms with E-state index in [0.717, 1.165) is 10.0 Å². The van der Waals surface area contributed by atoms with Crippen LogP contribution < -0.4 is 21.1 Å². The van der Waals surface area contributed by atoms with Gasteiger partial charge < -0.3 is 15.8 Å². The molecular weight excluding hydrogens is 338 g/mol. The van der Waals surface area contributed by atoms with Crippen molar-refractivity contribution < 1.29 is 14.3 Å². The molecule has 21 heavy (non-hydrogen) atoms. The maximum absolute atomic E-state index is 11.9. The van der Waals surface area contributed by atoms with Crippen LogP contribution in [0.2, 0.25) is 0 Å². The van der Waals surface area contributed by atoms with E-state index in [1.807, 2.05) is 19.1 Å². The average Bonchev–Trinajstić information content (AvgIpc) is 2.38. The minimum atomic E-state index is -0.820. The molecule has 0 radical (unpaired) electrons. The fourth-order valence-corrected chi connectivity index (χ4v) is 1.99. The normalized spacial score (nSPS) is 13.2. The van der Waals surface area contributed by atoms with Gasteiger partial charge in [0.05, 0.1) is 0 Å². The third-order valence-corrected chi connectivity index (χ3v) is 3.21. The predicted octanol–water partition coefficient (Wildman–Crippen LogP) is 2.08. The van der Waals surface area contributed by atoms with Crippen LogP contribution in [0.3, 0.4) is 0 Å². The summed E-state index contributed by atoms with van der Waals surface area (Å²) in [5, 5.41) is 4.69. The first-order chi connectivity index (χ1) is 9.85. The molecule has 0 bridgehead atoms. The van der Waals surface area contributed by atoms with Gasteiger partial charge in [0.15, 0.2) is 6.10 Å². The van der Waals surface area contributed by atoms with E-state index in [-0.39, 0.29) is 6.04 Å². The first kappa shape index (κ1) is 17.5. The second-order valence-electron chi connectivity index (χ2n) is 4.58. The lowest BCUT2D eigenvalue weighted by Crippen LogP contribution is -2.45.